The van der Waals surface area contributed by atoms with Gasteiger partial charge in [-0.25, -0.2) is 4.98 Å². The molecule has 1 saturated heterocycles. The van der Waals surface area contributed by atoms with E-state index in [9.17, 15) is 4.79 Å². The van der Waals surface area contributed by atoms with Crippen LogP contribution in [-0.2, 0) is 0 Å². The Bertz CT molecular complexity index is 439. The highest BCUT2D eigenvalue weighted by Crippen LogP contribution is 2.09. The van der Waals surface area contributed by atoms with Crippen molar-refractivity contribution in [1.82, 2.24) is 14.8 Å². The summed E-state index contributed by atoms with van der Waals surface area (Å²) in [6, 6.07) is 5.18. The Balaban J connectivity index is 1.92. The lowest BCUT2D eigenvalue weighted by molar-refractivity contribution is 0.0618. The van der Waals surface area contributed by atoms with Crippen molar-refractivity contribution >= 4 is 11.7 Å². The lowest BCUT2D eigenvalue weighted by atomic mass is 10.2. The summed E-state index contributed by atoms with van der Waals surface area (Å²) in [6.07, 6.45) is 0. The summed E-state index contributed by atoms with van der Waals surface area (Å²) in [7, 11) is 0. The van der Waals surface area contributed by atoms with E-state index in [1.54, 1.807) is 18.2 Å². The van der Waals surface area contributed by atoms with Gasteiger partial charge in [0, 0.05) is 32.7 Å². The summed E-state index contributed by atoms with van der Waals surface area (Å²) < 4.78 is 0. The van der Waals surface area contributed by atoms with E-state index < -0.39 is 0 Å². The van der Waals surface area contributed by atoms with Crippen LogP contribution in [0.3, 0.4) is 0 Å². The van der Waals surface area contributed by atoms with Crippen molar-refractivity contribution in [2.24, 2.45) is 5.92 Å². The minimum atomic E-state index is -0.0171. The number of rotatable bonds is 3. The third-order valence-electron chi connectivity index (χ3n) is 3.27. The molecule has 2 rings (SSSR count). The van der Waals surface area contributed by atoms with Crippen LogP contribution in [0.5, 0.6) is 0 Å². The molecule has 1 aliphatic heterocycles. The van der Waals surface area contributed by atoms with E-state index >= 15 is 0 Å². The van der Waals surface area contributed by atoms with Gasteiger partial charge >= 0.3 is 0 Å². The van der Waals surface area contributed by atoms with E-state index in [0.717, 1.165) is 32.7 Å². The Kier molecular flexibility index (Phi) is 4.37. The topological polar surface area (TPSA) is 62.5 Å². The smallest absolute Gasteiger partial charge is 0.272 e. The van der Waals surface area contributed by atoms with Crippen molar-refractivity contribution in [2.75, 3.05) is 38.5 Å². The highest BCUT2D eigenvalue weighted by atomic mass is 16.2. The molecule has 1 aromatic heterocycles. The number of hydrogen-bond acceptors (Lipinski definition) is 4. The number of carbonyl (C=O) groups excluding carboxylic acids is 1. The SMILES string of the molecule is CC(C)CN1CCN(C(=O)c2cccc(N)n2)CC1. The molecule has 104 valence electrons. The van der Waals surface area contributed by atoms with Crippen molar-refractivity contribution in [1.29, 1.82) is 0 Å². The second kappa shape index (κ2) is 6.02. The van der Waals surface area contributed by atoms with Gasteiger partial charge in [0.25, 0.3) is 5.91 Å². The molecule has 2 heterocycles. The molecule has 1 fully saturated rings. The van der Waals surface area contributed by atoms with Gasteiger partial charge in [0.2, 0.25) is 0 Å². The van der Waals surface area contributed by atoms with Crippen LogP contribution in [0.1, 0.15) is 24.3 Å². The number of nitrogens with two attached hydrogens (primary N) is 1. The van der Waals surface area contributed by atoms with Crippen molar-refractivity contribution in [3.05, 3.63) is 23.9 Å². The molecule has 0 spiro atoms. The number of anilines is 1. The second-order valence-electron chi connectivity index (χ2n) is 5.43. The number of carbonyl (C=O) groups is 1. The first-order chi connectivity index (χ1) is 9.06. The Hall–Kier alpha value is -1.62. The predicted octanol–water partition coefficient (Wildman–Crippen LogP) is 1.08. The van der Waals surface area contributed by atoms with Gasteiger partial charge < -0.3 is 10.6 Å². The molecule has 1 aromatic rings. The Morgan fingerprint density at radius 1 is 1.32 bits per heavy atom. The second-order valence-corrected chi connectivity index (χ2v) is 5.43. The average Bonchev–Trinajstić information content (AvgIpc) is 2.38. The van der Waals surface area contributed by atoms with Crippen LogP contribution in [-0.4, -0.2) is 53.4 Å². The molecular weight excluding hydrogens is 240 g/mol. The summed E-state index contributed by atoms with van der Waals surface area (Å²) in [5.74, 6) is 1.04. The molecule has 0 atom stereocenters. The first-order valence-electron chi connectivity index (χ1n) is 6.80. The van der Waals surface area contributed by atoms with Crippen molar-refractivity contribution in [2.45, 2.75) is 13.8 Å². The van der Waals surface area contributed by atoms with Gasteiger partial charge in [-0.2, -0.15) is 0 Å². The first kappa shape index (κ1) is 13.8. The van der Waals surface area contributed by atoms with Crippen LogP contribution in [0.15, 0.2) is 18.2 Å². The number of piperazine rings is 1. The molecular formula is C14H22N4O. The molecule has 1 aliphatic rings. The van der Waals surface area contributed by atoms with E-state index in [1.807, 2.05) is 4.90 Å². The zero-order chi connectivity index (χ0) is 13.8. The maximum atomic E-state index is 12.3. The van der Waals surface area contributed by atoms with Gasteiger partial charge in [0.05, 0.1) is 0 Å². The van der Waals surface area contributed by atoms with Gasteiger partial charge in [0.15, 0.2) is 0 Å². The molecule has 0 aliphatic carbocycles. The lowest BCUT2D eigenvalue weighted by Crippen LogP contribution is -2.49. The van der Waals surface area contributed by atoms with Crippen LogP contribution in [0.25, 0.3) is 0 Å². The minimum Gasteiger partial charge on any atom is -0.384 e. The molecule has 0 bridgehead atoms. The van der Waals surface area contributed by atoms with Crippen LogP contribution < -0.4 is 5.73 Å². The normalized spacial score (nSPS) is 16.9. The van der Waals surface area contributed by atoms with Gasteiger partial charge in [-0.1, -0.05) is 19.9 Å². The number of nitrogen functional groups attached to an aromatic ring is 1. The van der Waals surface area contributed by atoms with Gasteiger partial charge in [-0.3, -0.25) is 9.69 Å². The summed E-state index contributed by atoms with van der Waals surface area (Å²) >= 11 is 0. The number of nitrogens with zero attached hydrogens (tertiary/aromatic N) is 3. The fourth-order valence-corrected chi connectivity index (χ4v) is 2.38. The zero-order valence-electron chi connectivity index (χ0n) is 11.7. The van der Waals surface area contributed by atoms with Crippen LogP contribution in [0, 0.1) is 5.92 Å². The third-order valence-corrected chi connectivity index (χ3v) is 3.27. The molecule has 0 aromatic carbocycles. The Labute approximate surface area is 114 Å². The summed E-state index contributed by atoms with van der Waals surface area (Å²) in [6.45, 7) is 8.93. The third kappa shape index (κ3) is 3.67. The number of pyridine rings is 1. The molecule has 5 heteroatoms. The molecule has 19 heavy (non-hydrogen) atoms. The van der Waals surface area contributed by atoms with Crippen molar-refractivity contribution in [3.8, 4) is 0 Å². The largest absolute Gasteiger partial charge is 0.384 e. The number of hydrogen-bond donors (Lipinski definition) is 1. The van der Waals surface area contributed by atoms with E-state index in [2.05, 4.69) is 23.7 Å². The molecule has 2 N–H and O–H groups in total. The number of aromatic nitrogens is 1. The van der Waals surface area contributed by atoms with E-state index in [0.29, 0.717) is 17.4 Å². The molecule has 5 nitrogen and oxygen atoms in total. The molecule has 0 radical (unpaired) electrons. The van der Waals surface area contributed by atoms with Crippen LogP contribution >= 0.6 is 0 Å². The maximum Gasteiger partial charge on any atom is 0.272 e. The molecule has 0 saturated carbocycles. The number of amides is 1. The van der Waals surface area contributed by atoms with Crippen molar-refractivity contribution in [3.63, 3.8) is 0 Å². The predicted molar refractivity (Wildman–Crippen MR) is 75.8 cm³/mol. The summed E-state index contributed by atoms with van der Waals surface area (Å²) in [4.78, 5) is 20.6. The first-order valence-corrected chi connectivity index (χ1v) is 6.80. The van der Waals surface area contributed by atoms with Crippen molar-refractivity contribution < 1.29 is 4.79 Å². The standard InChI is InChI=1S/C14H22N4O/c1-11(2)10-17-6-8-18(9-7-17)14(19)12-4-3-5-13(15)16-12/h3-5,11H,6-10H2,1-2H3,(H2,15,16). The van der Waals surface area contributed by atoms with E-state index in [1.165, 1.54) is 0 Å². The zero-order valence-corrected chi connectivity index (χ0v) is 11.7. The average molecular weight is 262 g/mol. The highest BCUT2D eigenvalue weighted by Gasteiger charge is 2.23. The van der Waals surface area contributed by atoms with E-state index in [-0.39, 0.29) is 5.91 Å². The van der Waals surface area contributed by atoms with E-state index in [4.69, 9.17) is 5.73 Å². The fraction of sp³-hybridized carbons (Fsp3) is 0.571. The molecule has 0 unspecified atom stereocenters. The Morgan fingerprint density at radius 2 is 2.00 bits per heavy atom. The minimum absolute atomic E-state index is 0.0171. The highest BCUT2D eigenvalue weighted by molar-refractivity contribution is 5.92. The van der Waals surface area contributed by atoms with Gasteiger partial charge in [-0.05, 0) is 18.1 Å². The monoisotopic (exact) mass is 262 g/mol. The van der Waals surface area contributed by atoms with Gasteiger partial charge in [0.1, 0.15) is 11.5 Å². The van der Waals surface area contributed by atoms with Crippen LogP contribution in [0.2, 0.25) is 0 Å². The van der Waals surface area contributed by atoms with Gasteiger partial charge in [-0.15, -0.1) is 0 Å². The van der Waals surface area contributed by atoms with Crippen LogP contribution in [0.4, 0.5) is 5.82 Å². The summed E-state index contributed by atoms with van der Waals surface area (Å²) in [5, 5.41) is 0. The quantitative estimate of drug-likeness (QED) is 0.885. The maximum absolute atomic E-state index is 12.3. The molecule has 1 amide bonds. The fourth-order valence-electron chi connectivity index (χ4n) is 2.38. The lowest BCUT2D eigenvalue weighted by Gasteiger charge is -2.35. The Morgan fingerprint density at radius 3 is 2.58 bits per heavy atom. The summed E-state index contributed by atoms with van der Waals surface area (Å²) in [5.41, 5.74) is 6.05.